The van der Waals surface area contributed by atoms with Crippen LogP contribution in [0.5, 0.6) is 0 Å². The van der Waals surface area contributed by atoms with Crippen molar-refractivity contribution in [3.63, 3.8) is 0 Å². The molecular weight excluding hydrogens is 321 g/mol. The molecule has 0 aliphatic carbocycles. The van der Waals surface area contributed by atoms with E-state index < -0.39 is 5.82 Å². The summed E-state index contributed by atoms with van der Waals surface area (Å²) in [5, 5.41) is 3.83. The molecule has 3 rings (SSSR count). The van der Waals surface area contributed by atoms with Gasteiger partial charge in [-0.05, 0) is 25.5 Å². The highest BCUT2D eigenvalue weighted by Crippen LogP contribution is 2.35. The molecule has 3 N–H and O–H groups in total. The predicted molar refractivity (Wildman–Crippen MR) is 94.5 cm³/mol. The van der Waals surface area contributed by atoms with Gasteiger partial charge in [0.25, 0.3) is 5.91 Å². The van der Waals surface area contributed by atoms with Gasteiger partial charge in [0.1, 0.15) is 12.1 Å². The minimum Gasteiger partial charge on any atom is -0.396 e. The number of rotatable bonds is 4. The lowest BCUT2D eigenvalue weighted by atomic mass is 9.97. The van der Waals surface area contributed by atoms with Crippen LogP contribution in [-0.4, -0.2) is 27.4 Å². The van der Waals surface area contributed by atoms with Crippen molar-refractivity contribution < 1.29 is 9.18 Å². The maximum Gasteiger partial charge on any atom is 0.272 e. The van der Waals surface area contributed by atoms with Gasteiger partial charge < -0.3 is 11.1 Å². The number of hydrogen-bond donors (Lipinski definition) is 2. The molecule has 0 fully saturated rings. The average molecular weight is 339 g/mol. The van der Waals surface area contributed by atoms with E-state index >= 15 is 0 Å². The molecule has 1 amide bonds. The van der Waals surface area contributed by atoms with Crippen LogP contribution in [0, 0.1) is 12.7 Å². The summed E-state index contributed by atoms with van der Waals surface area (Å²) in [4.78, 5) is 24.5. The van der Waals surface area contributed by atoms with Crippen LogP contribution in [0.3, 0.4) is 0 Å². The van der Waals surface area contributed by atoms with Crippen LogP contribution in [0.15, 0.2) is 30.9 Å². The molecule has 0 aliphatic heterocycles. The fourth-order valence-electron chi connectivity index (χ4n) is 2.70. The average Bonchev–Trinajstić information content (AvgIpc) is 2.61. The molecular formula is C18H18FN5O. The van der Waals surface area contributed by atoms with E-state index in [0.717, 1.165) is 6.42 Å². The summed E-state index contributed by atoms with van der Waals surface area (Å²) in [6.07, 6.45) is 5.24. The van der Waals surface area contributed by atoms with E-state index in [-0.39, 0.29) is 17.3 Å². The molecule has 0 radical (unpaired) electrons. The van der Waals surface area contributed by atoms with E-state index in [0.29, 0.717) is 34.1 Å². The summed E-state index contributed by atoms with van der Waals surface area (Å²) in [6, 6.07) is 2.88. The second-order valence-corrected chi connectivity index (χ2v) is 5.68. The Labute approximate surface area is 144 Å². The number of nitrogens with zero attached hydrogens (tertiary/aromatic N) is 3. The van der Waals surface area contributed by atoms with E-state index in [9.17, 15) is 9.18 Å². The Morgan fingerprint density at radius 2 is 2.04 bits per heavy atom. The van der Waals surface area contributed by atoms with Crippen LogP contribution in [0.25, 0.3) is 21.9 Å². The minimum atomic E-state index is -0.421. The molecule has 2 heterocycles. The Morgan fingerprint density at radius 3 is 2.76 bits per heavy atom. The zero-order valence-electron chi connectivity index (χ0n) is 14.0. The molecule has 0 atom stereocenters. The first-order valence-electron chi connectivity index (χ1n) is 7.96. The molecule has 0 unspecified atom stereocenters. The third-order valence-corrected chi connectivity index (χ3v) is 3.99. The summed E-state index contributed by atoms with van der Waals surface area (Å²) in [7, 11) is 0. The van der Waals surface area contributed by atoms with E-state index in [1.54, 1.807) is 19.2 Å². The van der Waals surface area contributed by atoms with Crippen molar-refractivity contribution >= 4 is 22.4 Å². The number of nitrogens with two attached hydrogens (primary N) is 1. The number of aryl methyl sites for hydroxylation is 1. The number of fused-ring (bicyclic) bond motifs is 1. The fourth-order valence-corrected chi connectivity index (χ4v) is 2.70. The van der Waals surface area contributed by atoms with Crippen LogP contribution >= 0.6 is 0 Å². The number of halogens is 1. The second kappa shape index (κ2) is 6.80. The van der Waals surface area contributed by atoms with Gasteiger partial charge in [0, 0.05) is 46.5 Å². The number of nitrogen functional groups attached to an aromatic ring is 1. The van der Waals surface area contributed by atoms with Crippen molar-refractivity contribution in [2.24, 2.45) is 0 Å². The van der Waals surface area contributed by atoms with Crippen LogP contribution in [0.1, 0.15) is 29.5 Å². The second-order valence-electron chi connectivity index (χ2n) is 5.68. The van der Waals surface area contributed by atoms with Crippen LogP contribution in [0.2, 0.25) is 0 Å². The van der Waals surface area contributed by atoms with Gasteiger partial charge in [0.15, 0.2) is 5.69 Å². The predicted octanol–water partition coefficient (Wildman–Crippen LogP) is 2.86. The Morgan fingerprint density at radius 1 is 1.24 bits per heavy atom. The number of pyridine rings is 1. The number of amides is 1. The molecule has 2 aromatic heterocycles. The van der Waals surface area contributed by atoms with Crippen LogP contribution in [0.4, 0.5) is 10.1 Å². The smallest absolute Gasteiger partial charge is 0.272 e. The molecule has 128 valence electrons. The minimum absolute atomic E-state index is 0.138. The molecule has 0 saturated carbocycles. The zero-order chi connectivity index (χ0) is 18.0. The van der Waals surface area contributed by atoms with Crippen LogP contribution in [-0.2, 0) is 0 Å². The number of carbonyl (C=O) groups excluding carboxylic acids is 1. The van der Waals surface area contributed by atoms with Gasteiger partial charge in [-0.3, -0.25) is 4.79 Å². The number of benzene rings is 1. The molecule has 7 heteroatoms. The third kappa shape index (κ3) is 3.00. The first-order valence-corrected chi connectivity index (χ1v) is 7.96. The monoisotopic (exact) mass is 339 g/mol. The van der Waals surface area contributed by atoms with E-state index in [1.807, 2.05) is 6.92 Å². The number of carbonyl (C=O) groups is 1. The molecule has 0 bridgehead atoms. The van der Waals surface area contributed by atoms with Gasteiger partial charge in [-0.1, -0.05) is 6.92 Å². The highest BCUT2D eigenvalue weighted by Gasteiger charge is 2.19. The maximum atomic E-state index is 14.5. The van der Waals surface area contributed by atoms with Crippen molar-refractivity contribution in [3.05, 3.63) is 48.1 Å². The van der Waals surface area contributed by atoms with E-state index in [1.165, 1.54) is 18.6 Å². The molecule has 0 saturated heterocycles. The Hall–Kier alpha value is -3.09. The number of aromatic nitrogens is 3. The molecule has 3 aromatic rings. The Kier molecular flexibility index (Phi) is 4.56. The van der Waals surface area contributed by atoms with Crippen molar-refractivity contribution in [1.82, 2.24) is 20.3 Å². The molecule has 0 aliphatic rings. The lowest BCUT2D eigenvalue weighted by Crippen LogP contribution is -2.26. The summed E-state index contributed by atoms with van der Waals surface area (Å²) >= 11 is 0. The molecule has 6 nitrogen and oxygen atoms in total. The highest BCUT2D eigenvalue weighted by atomic mass is 19.1. The normalized spacial score (nSPS) is 10.8. The van der Waals surface area contributed by atoms with Gasteiger partial charge in [0.2, 0.25) is 0 Å². The van der Waals surface area contributed by atoms with Gasteiger partial charge >= 0.3 is 0 Å². The summed E-state index contributed by atoms with van der Waals surface area (Å²) in [5.74, 6) is -0.763. The number of hydrogen-bond acceptors (Lipinski definition) is 5. The van der Waals surface area contributed by atoms with Crippen molar-refractivity contribution in [3.8, 4) is 11.1 Å². The van der Waals surface area contributed by atoms with Gasteiger partial charge in [-0.15, -0.1) is 0 Å². The first kappa shape index (κ1) is 16.8. The summed E-state index contributed by atoms with van der Waals surface area (Å²) < 4.78 is 14.5. The zero-order valence-corrected chi connectivity index (χ0v) is 14.0. The Balaban J connectivity index is 2.21. The van der Waals surface area contributed by atoms with E-state index in [4.69, 9.17) is 5.73 Å². The lowest BCUT2D eigenvalue weighted by Gasteiger charge is -2.13. The first-order chi connectivity index (χ1) is 12.0. The third-order valence-electron chi connectivity index (χ3n) is 3.99. The Bertz CT molecular complexity index is 958. The van der Waals surface area contributed by atoms with Gasteiger partial charge in [-0.25, -0.2) is 19.3 Å². The largest absolute Gasteiger partial charge is 0.396 e. The quantitative estimate of drug-likeness (QED) is 0.762. The topological polar surface area (TPSA) is 93.8 Å². The summed E-state index contributed by atoms with van der Waals surface area (Å²) in [5.41, 5.74) is 8.05. The van der Waals surface area contributed by atoms with Gasteiger partial charge in [0.05, 0.1) is 5.69 Å². The number of nitrogens with one attached hydrogen (secondary N) is 1. The lowest BCUT2D eigenvalue weighted by molar-refractivity contribution is 0.0950. The van der Waals surface area contributed by atoms with Crippen LogP contribution < -0.4 is 11.1 Å². The van der Waals surface area contributed by atoms with E-state index in [2.05, 4.69) is 20.3 Å². The van der Waals surface area contributed by atoms with Crippen molar-refractivity contribution in [1.29, 1.82) is 0 Å². The summed E-state index contributed by atoms with van der Waals surface area (Å²) in [6.45, 7) is 4.27. The highest BCUT2D eigenvalue weighted by molar-refractivity contribution is 6.09. The standard InChI is InChI=1S/C18H18FN5O/c1-3-6-22-18(25)17-16(20)11-4-5-14(19)15(13(11)8-23-17)12-7-21-9-24-10(12)2/h4-5,7-9H,3,6,20H2,1-2H3,(H,22,25). The molecule has 25 heavy (non-hydrogen) atoms. The fraction of sp³-hybridized carbons (Fsp3) is 0.222. The van der Waals surface area contributed by atoms with Gasteiger partial charge in [-0.2, -0.15) is 0 Å². The number of anilines is 1. The van der Waals surface area contributed by atoms with Crippen molar-refractivity contribution in [2.75, 3.05) is 12.3 Å². The maximum absolute atomic E-state index is 14.5. The molecule has 0 spiro atoms. The SMILES string of the molecule is CCCNC(=O)c1ncc2c(-c3cncnc3C)c(F)ccc2c1N. The van der Waals surface area contributed by atoms with Crippen molar-refractivity contribution in [2.45, 2.75) is 20.3 Å². The molecule has 1 aromatic carbocycles.